The van der Waals surface area contributed by atoms with Crippen molar-refractivity contribution in [2.75, 3.05) is 6.54 Å². The minimum atomic E-state index is -1.05. The van der Waals surface area contributed by atoms with Crippen molar-refractivity contribution < 1.29 is 14.7 Å². The Labute approximate surface area is 119 Å². The largest absolute Gasteiger partial charge is 0.479 e. The van der Waals surface area contributed by atoms with Crippen LogP contribution in [-0.4, -0.2) is 29.6 Å². The first kappa shape index (κ1) is 16.2. The van der Waals surface area contributed by atoms with Gasteiger partial charge >= 0.3 is 5.97 Å². The zero-order chi connectivity index (χ0) is 15.0. The molecule has 0 spiro atoms. The second kappa shape index (κ2) is 8.32. The Balaban J connectivity index is 2.46. The Bertz CT molecular complexity index is 432. The Morgan fingerprint density at radius 3 is 2.40 bits per heavy atom. The molecule has 0 saturated carbocycles. The van der Waals surface area contributed by atoms with Crippen LogP contribution in [0.4, 0.5) is 0 Å². The number of carbonyl (C=O) groups is 2. The van der Waals surface area contributed by atoms with Gasteiger partial charge in [0.05, 0.1) is 0 Å². The van der Waals surface area contributed by atoms with Crippen LogP contribution in [0.25, 0.3) is 0 Å². The van der Waals surface area contributed by atoms with Gasteiger partial charge < -0.3 is 15.7 Å². The number of amides is 1. The van der Waals surface area contributed by atoms with Gasteiger partial charge in [0.15, 0.2) is 6.04 Å². The molecule has 0 saturated heterocycles. The highest BCUT2D eigenvalue weighted by atomic mass is 16.4. The van der Waals surface area contributed by atoms with Gasteiger partial charge in [-0.3, -0.25) is 4.79 Å². The summed E-state index contributed by atoms with van der Waals surface area (Å²) in [7, 11) is 0. The molecule has 0 aliphatic carbocycles. The Kier molecular flexibility index (Phi) is 6.73. The SMILES string of the molecule is CC(C)NCCCC(=O)N[C@H](C(=O)O)c1ccccc1. The van der Waals surface area contributed by atoms with Crippen molar-refractivity contribution in [2.24, 2.45) is 0 Å². The van der Waals surface area contributed by atoms with Crippen LogP contribution in [0.3, 0.4) is 0 Å². The van der Waals surface area contributed by atoms with E-state index < -0.39 is 12.0 Å². The van der Waals surface area contributed by atoms with Crippen LogP contribution in [-0.2, 0) is 9.59 Å². The number of aliphatic carboxylic acids is 1. The van der Waals surface area contributed by atoms with Crippen molar-refractivity contribution in [3.8, 4) is 0 Å². The fraction of sp³-hybridized carbons (Fsp3) is 0.467. The molecule has 0 aromatic heterocycles. The molecule has 0 unspecified atom stereocenters. The van der Waals surface area contributed by atoms with Gasteiger partial charge in [-0.1, -0.05) is 44.2 Å². The van der Waals surface area contributed by atoms with E-state index in [2.05, 4.69) is 10.6 Å². The van der Waals surface area contributed by atoms with Crippen molar-refractivity contribution in [1.29, 1.82) is 0 Å². The Morgan fingerprint density at radius 1 is 1.20 bits per heavy atom. The van der Waals surface area contributed by atoms with Crippen LogP contribution >= 0.6 is 0 Å². The van der Waals surface area contributed by atoms with Gasteiger partial charge in [0.1, 0.15) is 0 Å². The van der Waals surface area contributed by atoms with E-state index in [1.165, 1.54) is 0 Å². The number of nitrogens with one attached hydrogen (secondary N) is 2. The molecule has 0 bridgehead atoms. The lowest BCUT2D eigenvalue weighted by Crippen LogP contribution is -2.34. The highest BCUT2D eigenvalue weighted by Crippen LogP contribution is 2.12. The van der Waals surface area contributed by atoms with Crippen LogP contribution in [0.2, 0.25) is 0 Å². The summed E-state index contributed by atoms with van der Waals surface area (Å²) < 4.78 is 0. The van der Waals surface area contributed by atoms with Crippen molar-refractivity contribution in [2.45, 2.75) is 38.8 Å². The molecule has 1 amide bonds. The molecule has 20 heavy (non-hydrogen) atoms. The first-order valence-corrected chi connectivity index (χ1v) is 6.81. The van der Waals surface area contributed by atoms with E-state index in [1.54, 1.807) is 24.3 Å². The summed E-state index contributed by atoms with van der Waals surface area (Å²) in [6.07, 6.45) is 1.00. The second-order valence-corrected chi connectivity index (χ2v) is 4.96. The predicted octanol–water partition coefficient (Wildman–Crippen LogP) is 1.71. The number of carboxylic acid groups (broad SMARTS) is 1. The molecule has 3 N–H and O–H groups in total. The summed E-state index contributed by atoms with van der Waals surface area (Å²) in [6, 6.07) is 8.10. The number of carboxylic acids is 1. The highest BCUT2D eigenvalue weighted by Gasteiger charge is 2.21. The van der Waals surface area contributed by atoms with Gasteiger partial charge in [-0.25, -0.2) is 4.79 Å². The number of carbonyl (C=O) groups excluding carboxylic acids is 1. The van der Waals surface area contributed by atoms with Crippen molar-refractivity contribution in [3.63, 3.8) is 0 Å². The van der Waals surface area contributed by atoms with E-state index in [-0.39, 0.29) is 5.91 Å². The number of rotatable bonds is 8. The molecule has 0 aliphatic rings. The van der Waals surface area contributed by atoms with Gasteiger partial charge in [0.25, 0.3) is 0 Å². The molecular formula is C15H22N2O3. The molecule has 1 aromatic carbocycles. The molecule has 0 heterocycles. The maximum absolute atomic E-state index is 11.8. The van der Waals surface area contributed by atoms with E-state index in [0.717, 1.165) is 6.54 Å². The third-order valence-corrected chi connectivity index (χ3v) is 2.82. The lowest BCUT2D eigenvalue weighted by atomic mass is 10.1. The third kappa shape index (κ3) is 5.84. The standard InChI is InChI=1S/C15H22N2O3/c1-11(2)16-10-6-9-13(18)17-14(15(19)20)12-7-4-3-5-8-12/h3-5,7-8,11,14,16H,6,9-10H2,1-2H3,(H,17,18)(H,19,20)/t14-/m0/s1. The van der Waals surface area contributed by atoms with E-state index in [9.17, 15) is 14.7 Å². The fourth-order valence-corrected chi connectivity index (χ4v) is 1.81. The molecule has 1 atom stereocenters. The van der Waals surface area contributed by atoms with Crippen LogP contribution < -0.4 is 10.6 Å². The van der Waals surface area contributed by atoms with Gasteiger partial charge in [0, 0.05) is 12.5 Å². The number of benzene rings is 1. The number of hydrogen-bond acceptors (Lipinski definition) is 3. The van der Waals surface area contributed by atoms with Crippen LogP contribution in [0.15, 0.2) is 30.3 Å². The molecule has 0 aliphatic heterocycles. The quantitative estimate of drug-likeness (QED) is 0.633. The summed E-state index contributed by atoms with van der Waals surface area (Å²) in [5.74, 6) is -1.29. The van der Waals surface area contributed by atoms with Crippen molar-refractivity contribution in [3.05, 3.63) is 35.9 Å². The zero-order valence-corrected chi connectivity index (χ0v) is 11.9. The monoisotopic (exact) mass is 278 g/mol. The zero-order valence-electron chi connectivity index (χ0n) is 11.9. The Morgan fingerprint density at radius 2 is 1.85 bits per heavy atom. The minimum Gasteiger partial charge on any atom is -0.479 e. The normalized spacial score (nSPS) is 12.2. The third-order valence-electron chi connectivity index (χ3n) is 2.82. The maximum atomic E-state index is 11.8. The molecule has 5 nitrogen and oxygen atoms in total. The number of hydrogen-bond donors (Lipinski definition) is 3. The topological polar surface area (TPSA) is 78.4 Å². The summed E-state index contributed by atoms with van der Waals surface area (Å²) in [6.45, 7) is 4.82. The average molecular weight is 278 g/mol. The maximum Gasteiger partial charge on any atom is 0.330 e. The fourth-order valence-electron chi connectivity index (χ4n) is 1.81. The van der Waals surface area contributed by atoms with Gasteiger partial charge in [0.2, 0.25) is 5.91 Å². The van der Waals surface area contributed by atoms with Crippen LogP contribution in [0, 0.1) is 0 Å². The molecule has 0 radical (unpaired) electrons. The first-order valence-electron chi connectivity index (χ1n) is 6.81. The summed E-state index contributed by atoms with van der Waals surface area (Å²) in [4.78, 5) is 23.0. The summed E-state index contributed by atoms with van der Waals surface area (Å²) >= 11 is 0. The van der Waals surface area contributed by atoms with Crippen LogP contribution in [0.1, 0.15) is 38.3 Å². The Hall–Kier alpha value is -1.88. The van der Waals surface area contributed by atoms with E-state index in [4.69, 9.17) is 0 Å². The van der Waals surface area contributed by atoms with Gasteiger partial charge in [-0.15, -0.1) is 0 Å². The van der Waals surface area contributed by atoms with Gasteiger partial charge in [-0.05, 0) is 18.5 Å². The lowest BCUT2D eigenvalue weighted by Gasteiger charge is -2.15. The molecule has 1 aromatic rings. The second-order valence-electron chi connectivity index (χ2n) is 4.96. The molecule has 0 fully saturated rings. The summed E-state index contributed by atoms with van der Waals surface area (Å²) in [5.41, 5.74) is 0.577. The van der Waals surface area contributed by atoms with E-state index >= 15 is 0 Å². The minimum absolute atomic E-state index is 0.244. The highest BCUT2D eigenvalue weighted by molar-refractivity contribution is 5.84. The molecule has 5 heteroatoms. The predicted molar refractivity (Wildman–Crippen MR) is 77.3 cm³/mol. The van der Waals surface area contributed by atoms with Crippen LogP contribution in [0.5, 0.6) is 0 Å². The first-order chi connectivity index (χ1) is 9.50. The van der Waals surface area contributed by atoms with Gasteiger partial charge in [-0.2, -0.15) is 0 Å². The average Bonchev–Trinajstić information content (AvgIpc) is 2.41. The molecule has 1 rings (SSSR count). The lowest BCUT2D eigenvalue weighted by molar-refractivity contribution is -0.142. The van der Waals surface area contributed by atoms with E-state index in [0.29, 0.717) is 24.4 Å². The smallest absolute Gasteiger partial charge is 0.330 e. The molecule has 110 valence electrons. The van der Waals surface area contributed by atoms with E-state index in [1.807, 2.05) is 19.9 Å². The van der Waals surface area contributed by atoms with Crippen molar-refractivity contribution >= 4 is 11.9 Å². The van der Waals surface area contributed by atoms with Crippen molar-refractivity contribution in [1.82, 2.24) is 10.6 Å². The molecular weight excluding hydrogens is 256 g/mol. The summed E-state index contributed by atoms with van der Waals surface area (Å²) in [5, 5.41) is 15.0.